The van der Waals surface area contributed by atoms with Gasteiger partial charge in [-0.2, -0.15) is 0 Å². The maximum absolute atomic E-state index is 3.79. The van der Waals surface area contributed by atoms with E-state index in [1.54, 1.807) is 0 Å². The molecule has 1 heterocycles. The van der Waals surface area contributed by atoms with Crippen LogP contribution in [0.3, 0.4) is 0 Å². The van der Waals surface area contributed by atoms with Gasteiger partial charge < -0.3 is 5.32 Å². The Morgan fingerprint density at radius 3 is 2.38 bits per heavy atom. The monoisotopic (exact) mass is 294 g/mol. The zero-order valence-electron chi connectivity index (χ0n) is 15.0. The van der Waals surface area contributed by atoms with Crippen molar-refractivity contribution in [3.05, 3.63) is 0 Å². The number of nitrogens with one attached hydrogen (secondary N) is 1. The maximum atomic E-state index is 3.79. The van der Waals surface area contributed by atoms with Gasteiger partial charge in [-0.25, -0.2) is 0 Å². The Kier molecular flexibility index (Phi) is 6.55. The van der Waals surface area contributed by atoms with Gasteiger partial charge in [-0.15, -0.1) is 0 Å². The molecule has 3 atom stereocenters. The molecule has 0 aromatic rings. The van der Waals surface area contributed by atoms with Crippen LogP contribution >= 0.6 is 0 Å². The van der Waals surface area contributed by atoms with Crippen molar-refractivity contribution >= 4 is 0 Å². The van der Waals surface area contributed by atoms with Gasteiger partial charge in [-0.3, -0.25) is 4.90 Å². The molecule has 2 nitrogen and oxygen atoms in total. The lowest BCUT2D eigenvalue weighted by atomic mass is 9.77. The van der Waals surface area contributed by atoms with E-state index in [-0.39, 0.29) is 0 Å². The Balaban J connectivity index is 1.98. The molecule has 1 N–H and O–H groups in total. The summed E-state index contributed by atoms with van der Waals surface area (Å²) in [5.41, 5.74) is 0.487. The number of rotatable bonds is 3. The molecular weight excluding hydrogens is 256 g/mol. The standard InChI is InChI=1S/C19H38N2/c1-5-20-17-11-7-6-8-12-18(17)21-14-9-10-16(13-15-21)19(2,3)4/h16-18,20H,5-15H2,1-4H3. The van der Waals surface area contributed by atoms with E-state index in [1.807, 2.05) is 0 Å². The minimum absolute atomic E-state index is 0.487. The number of likely N-dealkylation sites (tertiary alicyclic amines) is 1. The molecule has 1 aliphatic heterocycles. The molecule has 1 aliphatic carbocycles. The Labute approximate surface area is 133 Å². The molecule has 124 valence electrons. The fraction of sp³-hybridized carbons (Fsp3) is 1.00. The Morgan fingerprint density at radius 2 is 1.67 bits per heavy atom. The summed E-state index contributed by atoms with van der Waals surface area (Å²) in [6, 6.07) is 1.54. The van der Waals surface area contributed by atoms with Gasteiger partial charge in [-0.1, -0.05) is 47.0 Å². The largest absolute Gasteiger partial charge is 0.313 e. The molecule has 0 aromatic heterocycles. The molecule has 21 heavy (non-hydrogen) atoms. The van der Waals surface area contributed by atoms with Crippen LogP contribution in [0, 0.1) is 11.3 Å². The van der Waals surface area contributed by atoms with Crippen molar-refractivity contribution in [1.82, 2.24) is 10.2 Å². The molecule has 2 aliphatic rings. The van der Waals surface area contributed by atoms with Crippen LogP contribution in [0.2, 0.25) is 0 Å². The smallest absolute Gasteiger partial charge is 0.0249 e. The van der Waals surface area contributed by atoms with Crippen molar-refractivity contribution in [2.45, 2.75) is 91.1 Å². The minimum atomic E-state index is 0.487. The van der Waals surface area contributed by atoms with Crippen molar-refractivity contribution in [3.63, 3.8) is 0 Å². The second kappa shape index (κ2) is 7.97. The minimum Gasteiger partial charge on any atom is -0.313 e. The van der Waals surface area contributed by atoms with Crippen molar-refractivity contribution in [2.75, 3.05) is 19.6 Å². The molecule has 0 radical (unpaired) electrons. The van der Waals surface area contributed by atoms with Crippen LogP contribution in [0.4, 0.5) is 0 Å². The molecule has 0 aromatic carbocycles. The normalized spacial score (nSPS) is 33.4. The highest BCUT2D eigenvalue weighted by atomic mass is 15.2. The van der Waals surface area contributed by atoms with Crippen molar-refractivity contribution in [1.29, 1.82) is 0 Å². The average molecular weight is 295 g/mol. The first kappa shape index (κ1) is 17.3. The van der Waals surface area contributed by atoms with Gasteiger partial charge in [0.15, 0.2) is 0 Å². The molecule has 3 unspecified atom stereocenters. The summed E-state index contributed by atoms with van der Waals surface area (Å²) < 4.78 is 0. The van der Waals surface area contributed by atoms with Crippen molar-refractivity contribution in [2.24, 2.45) is 11.3 Å². The van der Waals surface area contributed by atoms with Crippen LogP contribution in [0.5, 0.6) is 0 Å². The van der Waals surface area contributed by atoms with Crippen molar-refractivity contribution in [3.8, 4) is 0 Å². The lowest BCUT2D eigenvalue weighted by Crippen LogP contribution is -2.50. The van der Waals surface area contributed by atoms with Gasteiger partial charge in [0, 0.05) is 12.1 Å². The van der Waals surface area contributed by atoms with Crippen LogP contribution in [-0.2, 0) is 0 Å². The molecule has 0 bridgehead atoms. The highest BCUT2D eigenvalue weighted by Crippen LogP contribution is 2.35. The van der Waals surface area contributed by atoms with E-state index in [1.165, 1.54) is 64.5 Å². The topological polar surface area (TPSA) is 15.3 Å². The number of nitrogens with zero attached hydrogens (tertiary/aromatic N) is 1. The Bertz CT molecular complexity index is 294. The summed E-state index contributed by atoms with van der Waals surface area (Å²) in [4.78, 5) is 2.85. The summed E-state index contributed by atoms with van der Waals surface area (Å²) >= 11 is 0. The molecule has 1 saturated carbocycles. The molecule has 0 amide bonds. The lowest BCUT2D eigenvalue weighted by Gasteiger charge is -2.36. The van der Waals surface area contributed by atoms with E-state index in [0.717, 1.165) is 24.5 Å². The van der Waals surface area contributed by atoms with E-state index in [4.69, 9.17) is 0 Å². The summed E-state index contributed by atoms with van der Waals surface area (Å²) in [7, 11) is 0. The van der Waals surface area contributed by atoms with E-state index in [2.05, 4.69) is 37.9 Å². The molecule has 0 spiro atoms. The number of hydrogen-bond donors (Lipinski definition) is 1. The first-order valence-electron chi connectivity index (χ1n) is 9.49. The first-order chi connectivity index (χ1) is 10.0. The zero-order valence-corrected chi connectivity index (χ0v) is 15.0. The first-order valence-corrected chi connectivity index (χ1v) is 9.49. The zero-order chi connectivity index (χ0) is 15.3. The quantitative estimate of drug-likeness (QED) is 0.774. The summed E-state index contributed by atoms with van der Waals surface area (Å²) in [6.45, 7) is 13.3. The Morgan fingerprint density at radius 1 is 0.905 bits per heavy atom. The molecule has 2 heteroatoms. The van der Waals surface area contributed by atoms with Gasteiger partial charge in [0.25, 0.3) is 0 Å². The van der Waals surface area contributed by atoms with Crippen LogP contribution < -0.4 is 5.32 Å². The number of hydrogen-bond acceptors (Lipinski definition) is 2. The fourth-order valence-electron chi connectivity index (χ4n) is 4.54. The van der Waals surface area contributed by atoms with Gasteiger partial charge >= 0.3 is 0 Å². The average Bonchev–Trinajstić information content (AvgIpc) is 2.78. The SMILES string of the molecule is CCNC1CCCCCC1N1CCCC(C(C)(C)C)CC1. The third kappa shape index (κ3) is 4.96. The maximum Gasteiger partial charge on any atom is 0.0249 e. The molecule has 2 fully saturated rings. The van der Waals surface area contributed by atoms with Crippen LogP contribution in [-0.4, -0.2) is 36.6 Å². The fourth-order valence-corrected chi connectivity index (χ4v) is 4.54. The third-order valence-electron chi connectivity index (χ3n) is 5.90. The highest BCUT2D eigenvalue weighted by Gasteiger charge is 2.32. The number of likely N-dealkylation sites (N-methyl/N-ethyl adjacent to an activating group) is 1. The summed E-state index contributed by atoms with van der Waals surface area (Å²) in [5, 5.41) is 3.79. The van der Waals surface area contributed by atoms with E-state index in [0.29, 0.717) is 5.41 Å². The molecule has 2 rings (SSSR count). The molecule has 1 saturated heterocycles. The Hall–Kier alpha value is -0.0800. The second-order valence-corrected chi connectivity index (χ2v) is 8.40. The lowest BCUT2D eigenvalue weighted by molar-refractivity contribution is 0.145. The van der Waals surface area contributed by atoms with Crippen LogP contribution in [0.25, 0.3) is 0 Å². The predicted molar refractivity (Wildman–Crippen MR) is 92.7 cm³/mol. The van der Waals surface area contributed by atoms with Crippen LogP contribution in [0.15, 0.2) is 0 Å². The van der Waals surface area contributed by atoms with Gasteiger partial charge in [0.05, 0.1) is 0 Å². The molecular formula is C19H38N2. The third-order valence-corrected chi connectivity index (χ3v) is 5.90. The predicted octanol–water partition coefficient (Wildman–Crippen LogP) is 4.45. The second-order valence-electron chi connectivity index (χ2n) is 8.40. The van der Waals surface area contributed by atoms with E-state index in [9.17, 15) is 0 Å². The van der Waals surface area contributed by atoms with Gasteiger partial charge in [0.1, 0.15) is 0 Å². The van der Waals surface area contributed by atoms with Crippen molar-refractivity contribution < 1.29 is 0 Å². The van der Waals surface area contributed by atoms with Gasteiger partial charge in [-0.05, 0) is 63.1 Å². The van der Waals surface area contributed by atoms with E-state index >= 15 is 0 Å². The van der Waals surface area contributed by atoms with E-state index < -0.39 is 0 Å². The summed E-state index contributed by atoms with van der Waals surface area (Å²) in [5.74, 6) is 0.908. The highest BCUT2D eigenvalue weighted by molar-refractivity contribution is 4.89. The van der Waals surface area contributed by atoms with Crippen LogP contribution in [0.1, 0.15) is 79.1 Å². The van der Waals surface area contributed by atoms with Gasteiger partial charge in [0.2, 0.25) is 0 Å². The summed E-state index contributed by atoms with van der Waals surface area (Å²) in [6.07, 6.45) is 11.3.